The quantitative estimate of drug-likeness (QED) is 0.891. The van der Waals surface area contributed by atoms with Crippen LogP contribution in [0.4, 0.5) is 4.39 Å². The van der Waals surface area contributed by atoms with Crippen LogP contribution in [0.25, 0.3) is 0 Å². The van der Waals surface area contributed by atoms with E-state index in [4.69, 9.17) is 5.73 Å². The summed E-state index contributed by atoms with van der Waals surface area (Å²) in [6.07, 6.45) is 2.03. The first-order valence-corrected chi connectivity index (χ1v) is 6.81. The highest BCUT2D eigenvalue weighted by molar-refractivity contribution is 5.95. The SMILES string of the molecule is Cc1ccc(F)c(C(=O)N2CCC[C@H](C)[C@H]2CN)c1. The minimum Gasteiger partial charge on any atom is -0.334 e. The van der Waals surface area contributed by atoms with Gasteiger partial charge in [-0.2, -0.15) is 0 Å². The highest BCUT2D eigenvalue weighted by Gasteiger charge is 2.32. The Morgan fingerprint density at radius 2 is 2.26 bits per heavy atom. The third-order valence-corrected chi connectivity index (χ3v) is 3.97. The van der Waals surface area contributed by atoms with Gasteiger partial charge in [0.15, 0.2) is 0 Å². The number of nitrogens with zero attached hydrogens (tertiary/aromatic N) is 1. The zero-order chi connectivity index (χ0) is 14.0. The molecule has 0 spiro atoms. The number of aryl methyl sites for hydroxylation is 1. The number of rotatable bonds is 2. The Balaban J connectivity index is 2.29. The predicted molar refractivity (Wildman–Crippen MR) is 73.4 cm³/mol. The van der Waals surface area contributed by atoms with E-state index in [9.17, 15) is 9.18 Å². The number of hydrogen-bond acceptors (Lipinski definition) is 2. The second kappa shape index (κ2) is 5.70. The van der Waals surface area contributed by atoms with Gasteiger partial charge >= 0.3 is 0 Å². The number of piperidine rings is 1. The Hall–Kier alpha value is -1.42. The van der Waals surface area contributed by atoms with Gasteiger partial charge in [0.1, 0.15) is 5.82 Å². The maximum Gasteiger partial charge on any atom is 0.257 e. The normalized spacial score (nSPS) is 23.5. The van der Waals surface area contributed by atoms with Crippen molar-refractivity contribution in [2.75, 3.05) is 13.1 Å². The van der Waals surface area contributed by atoms with Crippen LogP contribution in [0.15, 0.2) is 18.2 Å². The van der Waals surface area contributed by atoms with Crippen molar-refractivity contribution in [1.82, 2.24) is 4.90 Å². The molecule has 0 unspecified atom stereocenters. The fourth-order valence-corrected chi connectivity index (χ4v) is 2.82. The molecule has 1 saturated heterocycles. The van der Waals surface area contributed by atoms with E-state index in [0.717, 1.165) is 18.4 Å². The number of benzene rings is 1. The van der Waals surface area contributed by atoms with E-state index in [-0.39, 0.29) is 17.5 Å². The van der Waals surface area contributed by atoms with Gasteiger partial charge in [-0.25, -0.2) is 4.39 Å². The third kappa shape index (κ3) is 2.78. The summed E-state index contributed by atoms with van der Waals surface area (Å²) in [7, 11) is 0. The maximum absolute atomic E-state index is 13.8. The second-order valence-electron chi connectivity index (χ2n) is 5.40. The zero-order valence-corrected chi connectivity index (χ0v) is 11.5. The average Bonchev–Trinajstić information content (AvgIpc) is 2.40. The van der Waals surface area contributed by atoms with Crippen LogP contribution in [0, 0.1) is 18.7 Å². The molecule has 1 aromatic rings. The Labute approximate surface area is 113 Å². The van der Waals surface area contributed by atoms with Crippen LogP contribution in [0.5, 0.6) is 0 Å². The van der Waals surface area contributed by atoms with E-state index in [1.165, 1.54) is 6.07 Å². The van der Waals surface area contributed by atoms with Crippen molar-refractivity contribution >= 4 is 5.91 Å². The molecule has 2 N–H and O–H groups in total. The van der Waals surface area contributed by atoms with Crippen LogP contribution in [-0.4, -0.2) is 29.9 Å². The Kier molecular flexibility index (Phi) is 4.20. The van der Waals surface area contributed by atoms with Gasteiger partial charge in [-0.3, -0.25) is 4.79 Å². The summed E-state index contributed by atoms with van der Waals surface area (Å²) < 4.78 is 13.8. The van der Waals surface area contributed by atoms with E-state index in [1.807, 2.05) is 6.92 Å². The van der Waals surface area contributed by atoms with Gasteiger partial charge in [-0.1, -0.05) is 18.6 Å². The van der Waals surface area contributed by atoms with Crippen molar-refractivity contribution in [3.8, 4) is 0 Å². The summed E-state index contributed by atoms with van der Waals surface area (Å²) in [4.78, 5) is 14.3. The first kappa shape index (κ1) is 14.0. The number of amides is 1. The fraction of sp³-hybridized carbons (Fsp3) is 0.533. The monoisotopic (exact) mass is 264 g/mol. The smallest absolute Gasteiger partial charge is 0.257 e. The molecule has 0 bridgehead atoms. The van der Waals surface area contributed by atoms with Gasteiger partial charge in [0.25, 0.3) is 5.91 Å². The largest absolute Gasteiger partial charge is 0.334 e. The number of halogens is 1. The molecule has 1 fully saturated rings. The van der Waals surface area contributed by atoms with Crippen LogP contribution >= 0.6 is 0 Å². The Morgan fingerprint density at radius 1 is 1.53 bits per heavy atom. The molecule has 2 rings (SSSR count). The van der Waals surface area contributed by atoms with Crippen LogP contribution in [0.1, 0.15) is 35.7 Å². The molecule has 4 heteroatoms. The summed E-state index contributed by atoms with van der Waals surface area (Å²) in [6.45, 7) is 5.05. The topological polar surface area (TPSA) is 46.3 Å². The van der Waals surface area contributed by atoms with Crippen LogP contribution in [-0.2, 0) is 0 Å². The van der Waals surface area contributed by atoms with Crippen LogP contribution < -0.4 is 5.73 Å². The standard InChI is InChI=1S/C15H21FN2O/c1-10-5-6-13(16)12(8-10)15(19)18-7-3-4-11(2)14(18)9-17/h5-6,8,11,14H,3-4,7,9,17H2,1-2H3/t11-,14+/m0/s1. The number of hydrogen-bond donors (Lipinski definition) is 1. The molecule has 19 heavy (non-hydrogen) atoms. The summed E-state index contributed by atoms with van der Waals surface area (Å²) in [6, 6.07) is 4.66. The number of likely N-dealkylation sites (tertiary alicyclic amines) is 1. The first-order chi connectivity index (χ1) is 9.04. The summed E-state index contributed by atoms with van der Waals surface area (Å²) in [5.41, 5.74) is 6.83. The van der Waals surface area contributed by atoms with Crippen molar-refractivity contribution in [3.63, 3.8) is 0 Å². The minimum absolute atomic E-state index is 0.0150. The van der Waals surface area contributed by atoms with Gasteiger partial charge in [0.05, 0.1) is 5.56 Å². The van der Waals surface area contributed by atoms with Crippen LogP contribution in [0.2, 0.25) is 0 Å². The van der Waals surface area contributed by atoms with E-state index in [1.54, 1.807) is 17.0 Å². The molecule has 0 aromatic heterocycles. The van der Waals surface area contributed by atoms with E-state index >= 15 is 0 Å². The van der Waals surface area contributed by atoms with E-state index in [2.05, 4.69) is 6.92 Å². The van der Waals surface area contributed by atoms with Gasteiger partial charge in [0, 0.05) is 19.1 Å². The lowest BCUT2D eigenvalue weighted by atomic mass is 9.90. The van der Waals surface area contributed by atoms with Gasteiger partial charge < -0.3 is 10.6 Å². The molecule has 0 aliphatic carbocycles. The zero-order valence-electron chi connectivity index (χ0n) is 11.5. The molecular weight excluding hydrogens is 243 g/mol. The Bertz CT molecular complexity index is 475. The third-order valence-electron chi connectivity index (χ3n) is 3.97. The molecule has 1 amide bonds. The molecule has 1 aliphatic heterocycles. The fourth-order valence-electron chi connectivity index (χ4n) is 2.82. The van der Waals surface area contributed by atoms with Crippen molar-refractivity contribution in [1.29, 1.82) is 0 Å². The lowest BCUT2D eigenvalue weighted by Crippen LogP contribution is -2.51. The van der Waals surface area contributed by atoms with Crippen molar-refractivity contribution in [3.05, 3.63) is 35.1 Å². The van der Waals surface area contributed by atoms with Gasteiger partial charge in [-0.15, -0.1) is 0 Å². The highest BCUT2D eigenvalue weighted by Crippen LogP contribution is 2.25. The molecule has 1 aliphatic rings. The molecule has 2 atom stereocenters. The summed E-state index contributed by atoms with van der Waals surface area (Å²) >= 11 is 0. The highest BCUT2D eigenvalue weighted by atomic mass is 19.1. The predicted octanol–water partition coefficient (Wildman–Crippen LogP) is 2.33. The lowest BCUT2D eigenvalue weighted by molar-refractivity contribution is 0.0528. The number of carbonyl (C=O) groups is 1. The van der Waals surface area contributed by atoms with E-state index < -0.39 is 5.82 Å². The van der Waals surface area contributed by atoms with Gasteiger partial charge in [0.2, 0.25) is 0 Å². The number of nitrogens with two attached hydrogens (primary N) is 1. The molecule has 1 heterocycles. The minimum atomic E-state index is -0.454. The molecule has 3 nitrogen and oxygen atoms in total. The average molecular weight is 264 g/mol. The van der Waals surface area contributed by atoms with Crippen molar-refractivity contribution in [2.45, 2.75) is 32.7 Å². The van der Waals surface area contributed by atoms with E-state index in [0.29, 0.717) is 19.0 Å². The maximum atomic E-state index is 13.8. The summed E-state index contributed by atoms with van der Waals surface area (Å²) in [5.74, 6) is -0.316. The summed E-state index contributed by atoms with van der Waals surface area (Å²) in [5, 5.41) is 0. The molecule has 1 aromatic carbocycles. The Morgan fingerprint density at radius 3 is 2.95 bits per heavy atom. The van der Waals surface area contributed by atoms with Gasteiger partial charge in [-0.05, 0) is 37.8 Å². The van der Waals surface area contributed by atoms with Crippen molar-refractivity contribution < 1.29 is 9.18 Å². The van der Waals surface area contributed by atoms with Crippen LogP contribution in [0.3, 0.4) is 0 Å². The molecular formula is C15H21FN2O. The number of carbonyl (C=O) groups excluding carboxylic acids is 1. The molecule has 0 saturated carbocycles. The van der Waals surface area contributed by atoms with Crippen molar-refractivity contribution in [2.24, 2.45) is 11.7 Å². The lowest BCUT2D eigenvalue weighted by Gasteiger charge is -2.39. The first-order valence-electron chi connectivity index (χ1n) is 6.81. The second-order valence-corrected chi connectivity index (χ2v) is 5.40. The molecule has 0 radical (unpaired) electrons. The molecule has 104 valence electrons.